The van der Waals surface area contributed by atoms with Crippen LogP contribution in [0.3, 0.4) is 0 Å². The molecule has 1 aliphatic rings. The summed E-state index contributed by atoms with van der Waals surface area (Å²) in [7, 11) is 0. The van der Waals surface area contributed by atoms with Crippen LogP contribution in [-0.2, 0) is 6.54 Å². The van der Waals surface area contributed by atoms with Crippen LogP contribution in [0.1, 0.15) is 24.6 Å². The molecule has 24 heavy (non-hydrogen) atoms. The van der Waals surface area contributed by atoms with Gasteiger partial charge in [0.15, 0.2) is 5.82 Å². The summed E-state index contributed by atoms with van der Waals surface area (Å²) in [5, 5.41) is 7.50. The van der Waals surface area contributed by atoms with Gasteiger partial charge in [-0.15, -0.1) is 0 Å². The molecule has 1 fully saturated rings. The smallest absolute Gasteiger partial charge is 0.223 e. The molecule has 3 heterocycles. The fourth-order valence-corrected chi connectivity index (χ4v) is 3.16. The number of para-hydroxylation sites is 2. The van der Waals surface area contributed by atoms with Gasteiger partial charge in [-0.3, -0.25) is 9.88 Å². The summed E-state index contributed by atoms with van der Waals surface area (Å²) in [6.45, 7) is 4.52. The number of likely N-dealkylation sites (tertiary alicyclic amines) is 1. The van der Waals surface area contributed by atoms with Gasteiger partial charge in [0.05, 0.1) is 23.8 Å². The Balaban J connectivity index is 1.41. The van der Waals surface area contributed by atoms with Gasteiger partial charge in [0.25, 0.3) is 0 Å². The van der Waals surface area contributed by atoms with Gasteiger partial charge in [0.2, 0.25) is 5.89 Å². The van der Waals surface area contributed by atoms with Gasteiger partial charge in [-0.05, 0) is 31.5 Å². The van der Waals surface area contributed by atoms with Crippen molar-refractivity contribution in [1.29, 1.82) is 0 Å². The first-order valence-electron chi connectivity index (χ1n) is 8.26. The second kappa shape index (κ2) is 6.52. The minimum atomic E-state index is 0.349. The van der Waals surface area contributed by atoms with Crippen LogP contribution in [0.2, 0.25) is 0 Å². The maximum absolute atomic E-state index is 5.05. The molecule has 0 saturated carbocycles. The second-order valence-electron chi connectivity index (χ2n) is 6.19. The summed E-state index contributed by atoms with van der Waals surface area (Å²) in [5.74, 6) is 2.19. The molecule has 7 nitrogen and oxygen atoms in total. The Bertz CT molecular complexity index is 833. The Hall–Kier alpha value is -2.54. The molecule has 1 saturated heterocycles. The van der Waals surface area contributed by atoms with Crippen LogP contribution in [0.25, 0.3) is 11.0 Å². The largest absolute Gasteiger partial charge is 0.365 e. The number of piperidine rings is 1. The minimum Gasteiger partial charge on any atom is -0.365 e. The van der Waals surface area contributed by atoms with E-state index in [0.717, 1.165) is 55.2 Å². The SMILES string of the molecule is Cc1nc(CN2CCCC(Nc3cnc4ccccc4n3)C2)no1. The highest BCUT2D eigenvalue weighted by molar-refractivity contribution is 5.75. The van der Waals surface area contributed by atoms with E-state index in [2.05, 4.69) is 30.3 Å². The van der Waals surface area contributed by atoms with Crippen LogP contribution in [0.4, 0.5) is 5.82 Å². The Labute approximate surface area is 140 Å². The summed E-state index contributed by atoms with van der Waals surface area (Å²) < 4.78 is 5.05. The number of fused-ring (bicyclic) bond motifs is 1. The van der Waals surface area contributed by atoms with E-state index >= 15 is 0 Å². The van der Waals surface area contributed by atoms with Crippen molar-refractivity contribution in [3.05, 3.63) is 42.2 Å². The Morgan fingerprint density at radius 3 is 2.96 bits per heavy atom. The third kappa shape index (κ3) is 3.35. The Morgan fingerprint density at radius 2 is 2.12 bits per heavy atom. The van der Waals surface area contributed by atoms with Crippen molar-refractivity contribution in [2.24, 2.45) is 0 Å². The standard InChI is InChI=1S/C17H20N6O/c1-12-19-17(22-24-12)11-23-8-4-5-13(10-23)20-16-9-18-14-6-2-3-7-15(14)21-16/h2-3,6-7,9,13H,4-5,8,10-11H2,1H3,(H,20,21). The lowest BCUT2D eigenvalue weighted by molar-refractivity contribution is 0.201. The zero-order valence-electron chi connectivity index (χ0n) is 13.6. The highest BCUT2D eigenvalue weighted by Gasteiger charge is 2.21. The van der Waals surface area contributed by atoms with Gasteiger partial charge in [0, 0.05) is 19.5 Å². The first-order valence-corrected chi connectivity index (χ1v) is 8.26. The van der Waals surface area contributed by atoms with Crippen molar-refractivity contribution in [3.8, 4) is 0 Å². The molecule has 2 aromatic heterocycles. The first kappa shape index (κ1) is 15.0. The highest BCUT2D eigenvalue weighted by atomic mass is 16.5. The number of hydrogen-bond acceptors (Lipinski definition) is 7. The molecule has 0 aliphatic carbocycles. The molecule has 1 unspecified atom stereocenters. The lowest BCUT2D eigenvalue weighted by atomic mass is 10.1. The maximum atomic E-state index is 5.05. The molecule has 7 heteroatoms. The first-order chi connectivity index (χ1) is 11.8. The molecule has 1 aliphatic heterocycles. The molecule has 0 spiro atoms. The quantitative estimate of drug-likeness (QED) is 0.789. The molecule has 4 rings (SSSR count). The van der Waals surface area contributed by atoms with Gasteiger partial charge < -0.3 is 9.84 Å². The summed E-state index contributed by atoms with van der Waals surface area (Å²) in [6, 6.07) is 8.27. The normalized spacial score (nSPS) is 18.8. The van der Waals surface area contributed by atoms with E-state index in [0.29, 0.717) is 11.9 Å². The summed E-state index contributed by atoms with van der Waals surface area (Å²) >= 11 is 0. The average Bonchev–Trinajstić information content (AvgIpc) is 3.00. The predicted octanol–water partition coefficient (Wildman–Crippen LogP) is 2.40. The molecule has 1 N–H and O–H groups in total. The van der Waals surface area contributed by atoms with E-state index in [1.165, 1.54) is 0 Å². The minimum absolute atomic E-state index is 0.349. The van der Waals surface area contributed by atoms with Gasteiger partial charge in [0.1, 0.15) is 5.82 Å². The van der Waals surface area contributed by atoms with E-state index < -0.39 is 0 Å². The predicted molar refractivity (Wildman–Crippen MR) is 90.5 cm³/mol. The molecular weight excluding hydrogens is 304 g/mol. The number of benzene rings is 1. The third-order valence-electron chi connectivity index (χ3n) is 4.24. The van der Waals surface area contributed by atoms with Gasteiger partial charge in [-0.1, -0.05) is 17.3 Å². The molecule has 3 aromatic rings. The number of hydrogen-bond donors (Lipinski definition) is 1. The zero-order valence-corrected chi connectivity index (χ0v) is 13.6. The van der Waals surface area contributed by atoms with Crippen LogP contribution in [0, 0.1) is 6.92 Å². The van der Waals surface area contributed by atoms with Gasteiger partial charge in [-0.25, -0.2) is 4.98 Å². The second-order valence-corrected chi connectivity index (χ2v) is 6.19. The monoisotopic (exact) mass is 324 g/mol. The van der Waals surface area contributed by atoms with E-state index in [9.17, 15) is 0 Å². The van der Waals surface area contributed by atoms with Crippen LogP contribution in [-0.4, -0.2) is 44.1 Å². The summed E-state index contributed by atoms with van der Waals surface area (Å²) in [4.78, 5) is 15.7. The number of anilines is 1. The fourth-order valence-electron chi connectivity index (χ4n) is 3.16. The van der Waals surface area contributed by atoms with E-state index in [1.54, 1.807) is 0 Å². The van der Waals surface area contributed by atoms with Crippen molar-refractivity contribution in [3.63, 3.8) is 0 Å². The van der Waals surface area contributed by atoms with Crippen molar-refractivity contribution in [1.82, 2.24) is 25.0 Å². The molecule has 0 bridgehead atoms. The average molecular weight is 324 g/mol. The fraction of sp³-hybridized carbons (Fsp3) is 0.412. The van der Waals surface area contributed by atoms with Crippen molar-refractivity contribution < 1.29 is 4.52 Å². The maximum Gasteiger partial charge on any atom is 0.223 e. The van der Waals surface area contributed by atoms with E-state index in [4.69, 9.17) is 4.52 Å². The van der Waals surface area contributed by atoms with Crippen LogP contribution in [0.15, 0.2) is 35.0 Å². The number of nitrogens with zero attached hydrogens (tertiary/aromatic N) is 5. The zero-order chi connectivity index (χ0) is 16.4. The van der Waals surface area contributed by atoms with Crippen LogP contribution >= 0.6 is 0 Å². The topological polar surface area (TPSA) is 80.0 Å². The number of nitrogens with one attached hydrogen (secondary N) is 1. The Kier molecular flexibility index (Phi) is 4.08. The lowest BCUT2D eigenvalue weighted by Crippen LogP contribution is -2.41. The van der Waals surface area contributed by atoms with E-state index in [1.807, 2.05) is 37.4 Å². The van der Waals surface area contributed by atoms with E-state index in [-0.39, 0.29) is 0 Å². The highest BCUT2D eigenvalue weighted by Crippen LogP contribution is 2.17. The third-order valence-corrected chi connectivity index (χ3v) is 4.24. The van der Waals surface area contributed by atoms with Gasteiger partial charge >= 0.3 is 0 Å². The molecule has 1 atom stereocenters. The van der Waals surface area contributed by atoms with Crippen LogP contribution < -0.4 is 5.32 Å². The Morgan fingerprint density at radius 1 is 1.25 bits per heavy atom. The van der Waals surface area contributed by atoms with Gasteiger partial charge in [-0.2, -0.15) is 4.98 Å². The molecule has 124 valence electrons. The molecule has 0 amide bonds. The molecule has 1 aromatic carbocycles. The number of aromatic nitrogens is 4. The number of rotatable bonds is 4. The van der Waals surface area contributed by atoms with Crippen molar-refractivity contribution >= 4 is 16.9 Å². The molecular formula is C17H20N6O. The van der Waals surface area contributed by atoms with Crippen molar-refractivity contribution in [2.75, 3.05) is 18.4 Å². The van der Waals surface area contributed by atoms with Crippen molar-refractivity contribution in [2.45, 2.75) is 32.4 Å². The number of aryl methyl sites for hydroxylation is 1. The molecule has 0 radical (unpaired) electrons. The lowest BCUT2D eigenvalue weighted by Gasteiger charge is -2.32. The summed E-state index contributed by atoms with van der Waals surface area (Å²) in [5.41, 5.74) is 1.83. The van der Waals surface area contributed by atoms with Crippen LogP contribution in [0.5, 0.6) is 0 Å². The summed E-state index contributed by atoms with van der Waals surface area (Å²) in [6.07, 6.45) is 4.07.